The molecule has 0 fully saturated rings. The van der Waals surface area contributed by atoms with Gasteiger partial charge < -0.3 is 25.4 Å². The molecule has 0 unspecified atom stereocenters. The van der Waals surface area contributed by atoms with Crippen molar-refractivity contribution in [1.29, 1.82) is 5.26 Å². The Morgan fingerprint density at radius 3 is 2.88 bits per heavy atom. The second kappa shape index (κ2) is 11.1. The molecule has 1 amide bonds. The number of halogens is 1. The van der Waals surface area contributed by atoms with Gasteiger partial charge in [-0.2, -0.15) is 5.26 Å². The highest BCUT2D eigenvalue weighted by Crippen LogP contribution is 2.38. The third kappa shape index (κ3) is 5.50. The van der Waals surface area contributed by atoms with Crippen molar-refractivity contribution in [3.63, 3.8) is 0 Å². The summed E-state index contributed by atoms with van der Waals surface area (Å²) in [5.74, 6) is 1.13. The quantitative estimate of drug-likeness (QED) is 0.485. The highest BCUT2D eigenvalue weighted by molar-refractivity contribution is 6.30. The van der Waals surface area contributed by atoms with Crippen molar-refractivity contribution in [2.24, 2.45) is 0 Å². The van der Waals surface area contributed by atoms with Gasteiger partial charge in [0.15, 0.2) is 11.5 Å². The number of methoxy groups -OCH3 is 1. The van der Waals surface area contributed by atoms with Crippen molar-refractivity contribution < 1.29 is 14.3 Å². The van der Waals surface area contributed by atoms with Gasteiger partial charge >= 0.3 is 0 Å². The Kier molecular flexibility index (Phi) is 7.68. The van der Waals surface area contributed by atoms with Crippen molar-refractivity contribution in [2.45, 2.75) is 19.3 Å². The molecule has 0 saturated heterocycles. The molecule has 0 atom stereocenters. The van der Waals surface area contributed by atoms with Gasteiger partial charge in [0.25, 0.3) is 0 Å². The van der Waals surface area contributed by atoms with E-state index >= 15 is 0 Å². The lowest BCUT2D eigenvalue weighted by molar-refractivity contribution is -0.121. The van der Waals surface area contributed by atoms with E-state index in [0.29, 0.717) is 65.8 Å². The van der Waals surface area contributed by atoms with E-state index in [0.717, 1.165) is 29.6 Å². The van der Waals surface area contributed by atoms with Crippen LogP contribution in [0.2, 0.25) is 5.02 Å². The maximum absolute atomic E-state index is 12.3. The fraction of sp³-hybridized carbons (Fsp3) is 0.320. The Hall–Kier alpha value is -3.54. The number of benzene rings is 2. The number of anilines is 2. The lowest BCUT2D eigenvalue weighted by Gasteiger charge is -2.18. The highest BCUT2D eigenvalue weighted by atomic mass is 35.5. The summed E-state index contributed by atoms with van der Waals surface area (Å²) in [6, 6.07) is 11.3. The van der Waals surface area contributed by atoms with Gasteiger partial charge in [-0.1, -0.05) is 17.7 Å². The Balaban J connectivity index is 1.81. The molecule has 0 spiro atoms. The molecule has 4 rings (SSSR count). The number of nitrogens with one attached hydrogen (secondary N) is 3. The van der Waals surface area contributed by atoms with E-state index in [2.05, 4.69) is 27.0 Å². The van der Waals surface area contributed by atoms with Crippen molar-refractivity contribution in [2.75, 3.05) is 38.7 Å². The van der Waals surface area contributed by atoms with Crippen LogP contribution in [0.1, 0.15) is 24.0 Å². The second-order valence-corrected chi connectivity index (χ2v) is 8.34. The van der Waals surface area contributed by atoms with Crippen LogP contribution in [-0.4, -0.2) is 44.2 Å². The molecule has 1 aliphatic rings. The van der Waals surface area contributed by atoms with Crippen molar-refractivity contribution in [3.8, 4) is 17.6 Å². The van der Waals surface area contributed by atoms with Crippen LogP contribution in [0.5, 0.6) is 11.5 Å². The summed E-state index contributed by atoms with van der Waals surface area (Å²) < 4.78 is 11.5. The van der Waals surface area contributed by atoms with Crippen LogP contribution in [-0.2, 0) is 11.2 Å². The number of nitriles is 1. The Morgan fingerprint density at radius 2 is 2.06 bits per heavy atom. The fourth-order valence-corrected chi connectivity index (χ4v) is 4.01. The minimum atomic E-state index is -0.0176. The summed E-state index contributed by atoms with van der Waals surface area (Å²) in [6.07, 6.45) is 3.17. The first-order valence-corrected chi connectivity index (χ1v) is 11.5. The SMILES string of the molecule is COc1cc2ncc(C#N)c3c2cc1OCCCNCCNC(=O)CCc1ccc(Cl)cc1N3. The number of aryl methyl sites for hydroxylation is 1. The molecule has 0 radical (unpaired) electrons. The predicted molar refractivity (Wildman–Crippen MR) is 132 cm³/mol. The van der Waals surface area contributed by atoms with E-state index in [1.165, 1.54) is 6.20 Å². The zero-order valence-corrected chi connectivity index (χ0v) is 19.7. The van der Waals surface area contributed by atoms with Crippen LogP contribution in [0.25, 0.3) is 10.9 Å². The number of pyridine rings is 1. The molecular formula is C25H26ClN5O3. The zero-order chi connectivity index (χ0) is 23.9. The van der Waals surface area contributed by atoms with E-state index in [-0.39, 0.29) is 5.91 Å². The first-order valence-electron chi connectivity index (χ1n) is 11.2. The van der Waals surface area contributed by atoms with Gasteiger partial charge in [-0.25, -0.2) is 0 Å². The first kappa shape index (κ1) is 23.6. The average molecular weight is 480 g/mol. The summed E-state index contributed by atoms with van der Waals surface area (Å²) in [5, 5.41) is 20.7. The molecule has 0 saturated carbocycles. The minimum Gasteiger partial charge on any atom is -0.493 e. The molecule has 2 heterocycles. The maximum atomic E-state index is 12.3. The number of hydrogen-bond donors (Lipinski definition) is 3. The summed E-state index contributed by atoms with van der Waals surface area (Å²) >= 11 is 6.29. The van der Waals surface area contributed by atoms with Crippen LogP contribution in [0.15, 0.2) is 36.5 Å². The van der Waals surface area contributed by atoms with Gasteiger partial charge in [-0.05, 0) is 43.1 Å². The second-order valence-electron chi connectivity index (χ2n) is 7.91. The number of hydrogen-bond acceptors (Lipinski definition) is 7. The molecule has 2 bridgehead atoms. The fourth-order valence-electron chi connectivity index (χ4n) is 3.84. The Labute approximate surface area is 203 Å². The predicted octanol–water partition coefficient (Wildman–Crippen LogP) is 3.93. The summed E-state index contributed by atoms with van der Waals surface area (Å²) in [4.78, 5) is 16.8. The Morgan fingerprint density at radius 1 is 1.18 bits per heavy atom. The van der Waals surface area contributed by atoms with Gasteiger partial charge in [0, 0.05) is 47.9 Å². The topological polar surface area (TPSA) is 108 Å². The van der Waals surface area contributed by atoms with Crippen LogP contribution >= 0.6 is 11.6 Å². The number of aromatic nitrogens is 1. The largest absolute Gasteiger partial charge is 0.493 e. The number of ether oxygens (including phenoxy) is 2. The summed E-state index contributed by atoms with van der Waals surface area (Å²) in [6.45, 7) is 2.48. The smallest absolute Gasteiger partial charge is 0.220 e. The number of fused-ring (bicyclic) bond motifs is 2. The third-order valence-corrected chi connectivity index (χ3v) is 5.84. The molecule has 2 aromatic carbocycles. The number of rotatable bonds is 1. The zero-order valence-electron chi connectivity index (χ0n) is 18.9. The van der Waals surface area contributed by atoms with Gasteiger partial charge in [0.2, 0.25) is 5.91 Å². The first-order chi connectivity index (χ1) is 16.6. The number of carbonyl (C=O) groups excluding carboxylic acids is 1. The van der Waals surface area contributed by atoms with E-state index in [9.17, 15) is 10.1 Å². The molecule has 176 valence electrons. The molecule has 34 heavy (non-hydrogen) atoms. The van der Waals surface area contributed by atoms with Crippen molar-refractivity contribution in [3.05, 3.63) is 52.7 Å². The Bertz CT molecular complexity index is 1240. The monoisotopic (exact) mass is 479 g/mol. The van der Waals surface area contributed by atoms with Crippen LogP contribution in [0, 0.1) is 11.3 Å². The molecule has 9 heteroatoms. The molecule has 0 aliphatic carbocycles. The molecule has 3 N–H and O–H groups in total. The van der Waals surface area contributed by atoms with E-state index in [1.54, 1.807) is 25.3 Å². The number of carbonyl (C=O) groups is 1. The lowest BCUT2D eigenvalue weighted by Crippen LogP contribution is -2.32. The molecule has 8 nitrogen and oxygen atoms in total. The minimum absolute atomic E-state index is 0.0176. The lowest BCUT2D eigenvalue weighted by atomic mass is 10.0. The van der Waals surface area contributed by atoms with Crippen molar-refractivity contribution in [1.82, 2.24) is 15.6 Å². The van der Waals surface area contributed by atoms with Gasteiger partial charge in [0.1, 0.15) is 6.07 Å². The van der Waals surface area contributed by atoms with Crippen LogP contribution in [0.3, 0.4) is 0 Å². The molecule has 1 aromatic heterocycles. The molecular weight excluding hydrogens is 454 g/mol. The van der Waals surface area contributed by atoms with Crippen LogP contribution in [0.4, 0.5) is 11.4 Å². The normalized spacial score (nSPS) is 15.1. The van der Waals surface area contributed by atoms with E-state index in [1.807, 2.05) is 12.1 Å². The van der Waals surface area contributed by atoms with E-state index in [4.69, 9.17) is 21.1 Å². The number of nitrogens with zero attached hydrogens (tertiary/aromatic N) is 2. The van der Waals surface area contributed by atoms with Crippen LogP contribution < -0.4 is 25.4 Å². The average Bonchev–Trinajstić information content (AvgIpc) is 2.84. The summed E-state index contributed by atoms with van der Waals surface area (Å²) in [5.41, 5.74) is 3.27. The highest BCUT2D eigenvalue weighted by Gasteiger charge is 2.16. The molecule has 1 aliphatic heterocycles. The summed E-state index contributed by atoms with van der Waals surface area (Å²) in [7, 11) is 1.59. The van der Waals surface area contributed by atoms with Gasteiger partial charge in [-0.3, -0.25) is 9.78 Å². The standard InChI is InChI=1S/C25H26ClN5O3/c1-33-22-13-21-19-12-23(22)34-10-2-7-28-8-9-29-24(32)6-4-16-3-5-18(26)11-20(16)31-25(19)17(14-27)15-30-21/h3,5,11-13,15,28,31H,2,4,6-10H2,1H3,(H,29,32). The van der Waals surface area contributed by atoms with E-state index < -0.39 is 0 Å². The number of amides is 1. The maximum Gasteiger partial charge on any atom is 0.220 e. The van der Waals surface area contributed by atoms with Crippen molar-refractivity contribution >= 4 is 39.8 Å². The van der Waals surface area contributed by atoms with Gasteiger partial charge in [-0.15, -0.1) is 0 Å². The van der Waals surface area contributed by atoms with Gasteiger partial charge in [0.05, 0.1) is 30.5 Å². The third-order valence-electron chi connectivity index (χ3n) is 5.61. The molecule has 3 aromatic rings.